The highest BCUT2D eigenvalue weighted by atomic mass is 32.2. The van der Waals surface area contributed by atoms with Crippen LogP contribution in [0, 0.1) is 6.92 Å². The molecule has 0 saturated heterocycles. The molecule has 3 aromatic rings. The van der Waals surface area contributed by atoms with Gasteiger partial charge in [0.25, 0.3) is 10.0 Å². The highest BCUT2D eigenvalue weighted by molar-refractivity contribution is 7.90. The summed E-state index contributed by atoms with van der Waals surface area (Å²) in [6, 6.07) is 13.8. The fraction of sp³-hybridized carbons (Fsp3) is 0.286. The zero-order valence-electron chi connectivity index (χ0n) is 15.7. The van der Waals surface area contributed by atoms with E-state index in [9.17, 15) is 13.2 Å². The second-order valence-corrected chi connectivity index (χ2v) is 8.18. The Morgan fingerprint density at radius 1 is 1.04 bits per heavy atom. The predicted molar refractivity (Wildman–Crippen MR) is 106 cm³/mol. The number of para-hydroxylation sites is 1. The Balaban J connectivity index is 2.38. The third-order valence-corrected chi connectivity index (χ3v) is 6.19. The zero-order valence-corrected chi connectivity index (χ0v) is 16.5. The molecule has 0 radical (unpaired) electrons. The summed E-state index contributed by atoms with van der Waals surface area (Å²) in [6.07, 6.45) is 1.37. The van der Waals surface area contributed by atoms with Crippen molar-refractivity contribution in [1.29, 1.82) is 0 Å². The SMILES string of the molecule is CCCc1c(C(=O)OCC)n(S(=O)(=O)c2ccc(C)cc2)c2ccccc12. The van der Waals surface area contributed by atoms with E-state index in [0.29, 0.717) is 17.5 Å². The fourth-order valence-corrected chi connectivity index (χ4v) is 4.78. The van der Waals surface area contributed by atoms with Crippen LogP contribution in [0.3, 0.4) is 0 Å². The minimum Gasteiger partial charge on any atom is -0.461 e. The normalized spacial score (nSPS) is 11.7. The number of benzene rings is 2. The van der Waals surface area contributed by atoms with E-state index >= 15 is 0 Å². The molecule has 0 bridgehead atoms. The van der Waals surface area contributed by atoms with E-state index < -0.39 is 16.0 Å². The molecule has 0 spiro atoms. The number of rotatable bonds is 6. The van der Waals surface area contributed by atoms with Gasteiger partial charge in [0.1, 0.15) is 5.69 Å². The van der Waals surface area contributed by atoms with Crippen LogP contribution in [0.1, 0.15) is 41.9 Å². The first-order valence-electron chi connectivity index (χ1n) is 9.03. The molecule has 1 heterocycles. The van der Waals surface area contributed by atoms with E-state index in [4.69, 9.17) is 4.74 Å². The smallest absolute Gasteiger partial charge is 0.356 e. The van der Waals surface area contributed by atoms with Crippen molar-refractivity contribution in [3.8, 4) is 0 Å². The molecular weight excluding hydrogens is 362 g/mol. The van der Waals surface area contributed by atoms with Gasteiger partial charge in [-0.1, -0.05) is 49.2 Å². The van der Waals surface area contributed by atoms with E-state index in [2.05, 4.69) is 0 Å². The van der Waals surface area contributed by atoms with Gasteiger partial charge in [-0.15, -0.1) is 0 Å². The molecule has 0 aliphatic carbocycles. The van der Waals surface area contributed by atoms with Crippen LogP contribution < -0.4 is 0 Å². The summed E-state index contributed by atoms with van der Waals surface area (Å²) in [7, 11) is -3.96. The third-order valence-electron chi connectivity index (χ3n) is 4.46. The maximum atomic E-state index is 13.5. The number of hydrogen-bond acceptors (Lipinski definition) is 4. The molecule has 0 unspecified atom stereocenters. The maximum absolute atomic E-state index is 13.5. The van der Waals surface area contributed by atoms with Crippen LogP contribution in [0.5, 0.6) is 0 Å². The molecule has 1 aromatic heterocycles. The first-order chi connectivity index (χ1) is 12.9. The first-order valence-corrected chi connectivity index (χ1v) is 10.5. The zero-order chi connectivity index (χ0) is 19.6. The average Bonchev–Trinajstić information content (AvgIpc) is 2.98. The minimum atomic E-state index is -3.96. The largest absolute Gasteiger partial charge is 0.461 e. The van der Waals surface area contributed by atoms with Crippen LogP contribution in [0.15, 0.2) is 53.4 Å². The predicted octanol–water partition coefficient (Wildman–Crippen LogP) is 4.32. The number of carbonyl (C=O) groups excluding carboxylic acids is 1. The summed E-state index contributed by atoms with van der Waals surface area (Å²) in [4.78, 5) is 12.9. The van der Waals surface area contributed by atoms with Crippen molar-refractivity contribution < 1.29 is 17.9 Å². The molecule has 0 saturated carbocycles. The van der Waals surface area contributed by atoms with Crippen LogP contribution in [0.4, 0.5) is 0 Å². The quantitative estimate of drug-likeness (QED) is 0.593. The Kier molecular flexibility index (Phi) is 5.37. The van der Waals surface area contributed by atoms with E-state index in [1.807, 2.05) is 26.0 Å². The van der Waals surface area contributed by atoms with Gasteiger partial charge < -0.3 is 4.74 Å². The van der Waals surface area contributed by atoms with Gasteiger partial charge in [0.2, 0.25) is 0 Å². The molecule has 3 rings (SSSR count). The van der Waals surface area contributed by atoms with Crippen molar-refractivity contribution in [3.05, 3.63) is 65.4 Å². The second-order valence-electron chi connectivity index (χ2n) is 6.40. The monoisotopic (exact) mass is 385 g/mol. The van der Waals surface area contributed by atoms with Gasteiger partial charge in [-0.25, -0.2) is 17.2 Å². The molecule has 0 N–H and O–H groups in total. The number of hydrogen-bond donors (Lipinski definition) is 0. The standard InChI is InChI=1S/C21H23NO4S/c1-4-8-18-17-9-6-7-10-19(17)22(20(18)21(23)26-5-2)27(24,25)16-13-11-15(3)12-14-16/h6-7,9-14H,4-5,8H2,1-3H3. The van der Waals surface area contributed by atoms with Crippen LogP contribution in [-0.4, -0.2) is 25.0 Å². The van der Waals surface area contributed by atoms with Crippen molar-refractivity contribution >= 4 is 26.9 Å². The van der Waals surface area contributed by atoms with E-state index in [0.717, 1.165) is 21.3 Å². The Hall–Kier alpha value is -2.60. The van der Waals surface area contributed by atoms with Crippen LogP contribution in [0.2, 0.25) is 0 Å². The molecule has 142 valence electrons. The van der Waals surface area contributed by atoms with Crippen LogP contribution in [-0.2, 0) is 21.2 Å². The van der Waals surface area contributed by atoms with Crippen LogP contribution >= 0.6 is 0 Å². The number of esters is 1. The number of aromatic nitrogens is 1. The van der Waals surface area contributed by atoms with Crippen molar-refractivity contribution in [1.82, 2.24) is 3.97 Å². The second kappa shape index (κ2) is 7.56. The summed E-state index contributed by atoms with van der Waals surface area (Å²) in [5, 5.41) is 0.762. The molecule has 0 aliphatic rings. The number of nitrogens with zero attached hydrogens (tertiary/aromatic N) is 1. The molecule has 0 fully saturated rings. The number of aryl methyl sites for hydroxylation is 2. The maximum Gasteiger partial charge on any atom is 0.356 e. The number of carbonyl (C=O) groups is 1. The fourth-order valence-electron chi connectivity index (χ4n) is 3.25. The minimum absolute atomic E-state index is 0.0977. The van der Waals surface area contributed by atoms with Gasteiger partial charge in [0, 0.05) is 5.39 Å². The van der Waals surface area contributed by atoms with Gasteiger partial charge in [-0.3, -0.25) is 0 Å². The van der Waals surface area contributed by atoms with Gasteiger partial charge >= 0.3 is 5.97 Å². The lowest BCUT2D eigenvalue weighted by Gasteiger charge is -2.12. The van der Waals surface area contributed by atoms with Crippen molar-refractivity contribution in [2.75, 3.05) is 6.61 Å². The summed E-state index contributed by atoms with van der Waals surface area (Å²) in [5.41, 5.74) is 2.26. The molecule has 0 aliphatic heterocycles. The Morgan fingerprint density at radius 2 is 1.70 bits per heavy atom. The van der Waals surface area contributed by atoms with Crippen molar-refractivity contribution in [2.24, 2.45) is 0 Å². The molecule has 27 heavy (non-hydrogen) atoms. The summed E-state index contributed by atoms with van der Waals surface area (Å²) in [5.74, 6) is -0.618. The number of ether oxygens (including phenoxy) is 1. The highest BCUT2D eigenvalue weighted by Gasteiger charge is 2.30. The lowest BCUT2D eigenvalue weighted by atomic mass is 10.1. The lowest BCUT2D eigenvalue weighted by Crippen LogP contribution is -2.21. The van der Waals surface area contributed by atoms with Gasteiger partial charge in [0.05, 0.1) is 17.0 Å². The van der Waals surface area contributed by atoms with E-state index in [-0.39, 0.29) is 17.2 Å². The van der Waals surface area contributed by atoms with Gasteiger partial charge in [0.15, 0.2) is 0 Å². The molecule has 0 atom stereocenters. The van der Waals surface area contributed by atoms with Gasteiger partial charge in [-0.2, -0.15) is 0 Å². The summed E-state index contributed by atoms with van der Waals surface area (Å²) in [6.45, 7) is 5.77. The summed E-state index contributed by atoms with van der Waals surface area (Å²) >= 11 is 0. The molecule has 5 nitrogen and oxygen atoms in total. The third kappa shape index (κ3) is 3.37. The van der Waals surface area contributed by atoms with Gasteiger partial charge in [-0.05, 0) is 44.0 Å². The van der Waals surface area contributed by atoms with E-state index in [1.165, 1.54) is 0 Å². The first kappa shape index (κ1) is 19.2. The molecule has 6 heteroatoms. The molecular formula is C21H23NO4S. The molecule has 0 amide bonds. The average molecular weight is 385 g/mol. The van der Waals surface area contributed by atoms with Crippen molar-refractivity contribution in [3.63, 3.8) is 0 Å². The topological polar surface area (TPSA) is 65.4 Å². The van der Waals surface area contributed by atoms with E-state index in [1.54, 1.807) is 43.3 Å². The van der Waals surface area contributed by atoms with Crippen LogP contribution in [0.25, 0.3) is 10.9 Å². The Bertz CT molecular complexity index is 1080. The van der Waals surface area contributed by atoms with Crippen molar-refractivity contribution in [2.45, 2.75) is 38.5 Å². The molecule has 2 aromatic carbocycles. The number of fused-ring (bicyclic) bond motifs is 1. The Labute approximate surface area is 159 Å². The highest BCUT2D eigenvalue weighted by Crippen LogP contribution is 2.32. The Morgan fingerprint density at radius 3 is 2.33 bits per heavy atom. The summed E-state index contributed by atoms with van der Waals surface area (Å²) < 4.78 is 33.3. The lowest BCUT2D eigenvalue weighted by molar-refractivity contribution is 0.0517.